The van der Waals surface area contributed by atoms with E-state index in [0.717, 1.165) is 6.42 Å². The minimum Gasteiger partial charge on any atom is -1.00 e. The van der Waals surface area contributed by atoms with Gasteiger partial charge in [-0.25, -0.2) is 9.59 Å². The molecular weight excluding hydrogens is 479 g/mol. The topological polar surface area (TPSA) is 133 Å². The summed E-state index contributed by atoms with van der Waals surface area (Å²) in [5.41, 5.74) is -1.02. The second-order valence-electron chi connectivity index (χ2n) is 7.93. The van der Waals surface area contributed by atoms with Crippen molar-refractivity contribution in [2.75, 3.05) is 25.6 Å². The molecule has 0 aliphatic carbocycles. The summed E-state index contributed by atoms with van der Waals surface area (Å²) in [6.45, 7) is 11.4. The van der Waals surface area contributed by atoms with E-state index in [4.69, 9.17) is 18.8 Å². The number of hydrogen-bond acceptors (Lipinski definition) is 8. The summed E-state index contributed by atoms with van der Waals surface area (Å²) in [5, 5.41) is 0. The molecular formula is C22H37KO9S. The predicted molar refractivity (Wildman–Crippen MR) is 120 cm³/mol. The maximum atomic E-state index is 13.0. The van der Waals surface area contributed by atoms with Crippen molar-refractivity contribution < 1.29 is 94.4 Å². The molecule has 1 N–H and O–H groups in total. The zero-order chi connectivity index (χ0) is 24.8. The molecule has 0 rings (SSSR count). The third kappa shape index (κ3) is 15.9. The van der Waals surface area contributed by atoms with Crippen molar-refractivity contribution in [1.82, 2.24) is 0 Å². The number of ether oxygens (including phenoxy) is 3. The summed E-state index contributed by atoms with van der Waals surface area (Å²) in [4.78, 5) is 36.8. The molecule has 0 spiro atoms. The Bertz CT molecular complexity index is 751. The molecule has 0 heterocycles. The number of esters is 3. The fraction of sp³-hybridized carbons (Fsp3) is 0.682. The van der Waals surface area contributed by atoms with Crippen molar-refractivity contribution in [3.63, 3.8) is 0 Å². The van der Waals surface area contributed by atoms with Crippen LogP contribution in [0.25, 0.3) is 0 Å². The van der Waals surface area contributed by atoms with Gasteiger partial charge in [0.1, 0.15) is 18.6 Å². The molecule has 0 aromatic rings. The largest absolute Gasteiger partial charge is 1.00 e. The molecule has 0 radical (unpaired) electrons. The van der Waals surface area contributed by atoms with Gasteiger partial charge < -0.3 is 15.6 Å². The van der Waals surface area contributed by atoms with Gasteiger partial charge in [0, 0.05) is 11.1 Å². The Labute approximate surface area is 241 Å². The predicted octanol–water partition coefficient (Wildman–Crippen LogP) is 0.510. The Morgan fingerprint density at radius 1 is 0.879 bits per heavy atom. The van der Waals surface area contributed by atoms with Gasteiger partial charge in [0.05, 0.1) is 12.4 Å². The molecule has 186 valence electrons. The maximum Gasteiger partial charge on any atom is 1.00 e. The van der Waals surface area contributed by atoms with Crippen LogP contribution in [0.2, 0.25) is 0 Å². The van der Waals surface area contributed by atoms with E-state index in [0.29, 0.717) is 32.1 Å². The van der Waals surface area contributed by atoms with Crippen molar-refractivity contribution in [1.29, 1.82) is 0 Å². The number of hydrogen-bond donors (Lipinski definition) is 1. The Hall–Kier alpha value is -0.564. The molecule has 9 nitrogen and oxygen atoms in total. The minimum absolute atomic E-state index is 0. The second kappa shape index (κ2) is 17.8. The number of carbonyl (C=O) groups is 3. The van der Waals surface area contributed by atoms with Gasteiger partial charge >= 0.3 is 69.3 Å². The average Bonchev–Trinajstić information content (AvgIpc) is 2.70. The normalized spacial score (nSPS) is 11.2. The average molecular weight is 517 g/mol. The fourth-order valence-electron chi connectivity index (χ4n) is 2.63. The van der Waals surface area contributed by atoms with E-state index in [-0.39, 0.29) is 96.0 Å². The molecule has 33 heavy (non-hydrogen) atoms. The van der Waals surface area contributed by atoms with Gasteiger partial charge in [-0.3, -0.25) is 9.35 Å². The van der Waals surface area contributed by atoms with Crippen LogP contribution in [0.5, 0.6) is 0 Å². The molecule has 0 amide bonds. The molecule has 0 unspecified atom stereocenters. The third-order valence-corrected chi connectivity index (χ3v) is 5.43. The summed E-state index contributed by atoms with van der Waals surface area (Å²) in [7, 11) is -3.98. The van der Waals surface area contributed by atoms with Gasteiger partial charge in [-0.2, -0.15) is 8.42 Å². The van der Waals surface area contributed by atoms with Crippen LogP contribution in [0, 0.1) is 5.41 Å². The smallest absolute Gasteiger partial charge is 1.00 e. The van der Waals surface area contributed by atoms with Gasteiger partial charge in [0.25, 0.3) is 10.1 Å². The molecule has 0 aromatic heterocycles. The van der Waals surface area contributed by atoms with Gasteiger partial charge in [0.2, 0.25) is 0 Å². The molecule has 0 aliphatic heterocycles. The van der Waals surface area contributed by atoms with Crippen LogP contribution in [-0.2, 0) is 38.7 Å². The summed E-state index contributed by atoms with van der Waals surface area (Å²) in [6, 6.07) is 0. The molecule has 0 aliphatic rings. The zero-order valence-corrected chi connectivity index (χ0v) is 24.3. The quantitative estimate of drug-likeness (QED) is 0.0733. The number of rotatable bonds is 17. The van der Waals surface area contributed by atoms with Gasteiger partial charge in [-0.05, 0) is 33.1 Å². The van der Waals surface area contributed by atoms with E-state index in [1.54, 1.807) is 0 Å². The summed E-state index contributed by atoms with van der Waals surface area (Å²) in [5.74, 6) is -2.28. The first-order chi connectivity index (χ1) is 14.8. The van der Waals surface area contributed by atoms with Crippen molar-refractivity contribution in [3.05, 3.63) is 24.3 Å². The van der Waals surface area contributed by atoms with E-state index in [1.807, 2.05) is 6.92 Å². The first kappa shape index (κ1) is 34.6. The van der Waals surface area contributed by atoms with Crippen LogP contribution in [0.3, 0.4) is 0 Å². The first-order valence-electron chi connectivity index (χ1n) is 10.6. The maximum absolute atomic E-state index is 13.0. The Balaban J connectivity index is -0.00000480. The first-order valence-corrected chi connectivity index (χ1v) is 12.2. The van der Waals surface area contributed by atoms with Crippen LogP contribution in [0.15, 0.2) is 24.3 Å². The van der Waals surface area contributed by atoms with E-state index in [2.05, 4.69) is 13.2 Å². The van der Waals surface area contributed by atoms with Crippen molar-refractivity contribution in [2.24, 2.45) is 5.41 Å². The SMILES string of the molecule is C=C(C)C(=O)OCC(CCCC)(COC(=O)C(=C)C)C(=O)OCCCCCCS(=O)(=O)O.[H-].[K+]. The van der Waals surface area contributed by atoms with Crippen LogP contribution >= 0.6 is 0 Å². The Morgan fingerprint density at radius 2 is 1.36 bits per heavy atom. The Kier molecular flexibility index (Phi) is 18.7. The van der Waals surface area contributed by atoms with Crippen LogP contribution < -0.4 is 51.4 Å². The second-order valence-corrected chi connectivity index (χ2v) is 9.51. The standard InChI is InChI=1S/C22H36O9S.K.H/c1-6-7-12-22(15-30-19(23)17(2)3,16-31-20(24)18(4)5)21(25)29-13-10-8-9-11-14-32(26,27)28;;/h2,4,6-16H2,1,3,5H3,(H,26,27,28);;/q;+1;-1. The molecule has 0 fully saturated rings. The van der Waals surface area contributed by atoms with Crippen molar-refractivity contribution >= 4 is 28.0 Å². The molecule has 0 aromatic carbocycles. The van der Waals surface area contributed by atoms with Gasteiger partial charge in [0.15, 0.2) is 0 Å². The Morgan fingerprint density at radius 3 is 1.79 bits per heavy atom. The van der Waals surface area contributed by atoms with E-state index >= 15 is 0 Å². The van der Waals surface area contributed by atoms with Crippen LogP contribution in [0.1, 0.15) is 67.1 Å². The monoisotopic (exact) mass is 516 g/mol. The summed E-state index contributed by atoms with van der Waals surface area (Å²) >= 11 is 0. The third-order valence-electron chi connectivity index (χ3n) is 4.63. The van der Waals surface area contributed by atoms with Gasteiger partial charge in [-0.1, -0.05) is 45.8 Å². The molecule has 11 heteroatoms. The molecule has 0 bridgehead atoms. The van der Waals surface area contributed by atoms with E-state index in [9.17, 15) is 22.8 Å². The molecule has 0 saturated heterocycles. The van der Waals surface area contributed by atoms with Gasteiger partial charge in [-0.15, -0.1) is 0 Å². The van der Waals surface area contributed by atoms with Crippen molar-refractivity contribution in [2.45, 2.75) is 65.7 Å². The van der Waals surface area contributed by atoms with Crippen LogP contribution in [0.4, 0.5) is 0 Å². The van der Waals surface area contributed by atoms with E-state index < -0.39 is 33.4 Å². The molecule has 0 saturated carbocycles. The summed E-state index contributed by atoms with van der Waals surface area (Å²) in [6.07, 6.45) is 3.58. The minimum atomic E-state index is -3.98. The fourth-order valence-corrected chi connectivity index (χ4v) is 3.20. The zero-order valence-electron chi connectivity index (χ0n) is 21.3. The number of carbonyl (C=O) groups excluding carboxylic acids is 3. The summed E-state index contributed by atoms with van der Waals surface area (Å²) < 4.78 is 46.0. The van der Waals surface area contributed by atoms with E-state index in [1.165, 1.54) is 13.8 Å². The molecule has 0 atom stereocenters. The van der Waals surface area contributed by atoms with Crippen molar-refractivity contribution in [3.8, 4) is 0 Å². The van der Waals surface area contributed by atoms with Crippen LogP contribution in [-0.4, -0.2) is 56.5 Å². The number of unbranched alkanes of at least 4 members (excludes halogenated alkanes) is 4.